The van der Waals surface area contributed by atoms with E-state index in [9.17, 15) is 14.4 Å². The number of aromatic nitrogens is 2. The van der Waals surface area contributed by atoms with Crippen molar-refractivity contribution >= 4 is 39.1 Å². The van der Waals surface area contributed by atoms with Crippen molar-refractivity contribution in [2.45, 2.75) is 45.7 Å². The molecule has 34 heavy (non-hydrogen) atoms. The van der Waals surface area contributed by atoms with Gasteiger partial charge < -0.3 is 19.7 Å². The number of ether oxygens (including phenoxy) is 2. The first-order valence-corrected chi connectivity index (χ1v) is 12.2. The van der Waals surface area contributed by atoms with E-state index in [4.69, 9.17) is 9.47 Å². The number of benzene rings is 1. The van der Waals surface area contributed by atoms with Gasteiger partial charge in [0, 0.05) is 24.3 Å². The van der Waals surface area contributed by atoms with Crippen molar-refractivity contribution in [1.29, 1.82) is 0 Å². The minimum Gasteiger partial charge on any atom is -0.486 e. The van der Waals surface area contributed by atoms with Crippen molar-refractivity contribution in [3.8, 4) is 11.5 Å². The van der Waals surface area contributed by atoms with Crippen molar-refractivity contribution < 1.29 is 19.1 Å². The molecule has 0 spiro atoms. The van der Waals surface area contributed by atoms with E-state index in [1.807, 2.05) is 11.8 Å². The molecule has 1 aromatic carbocycles. The van der Waals surface area contributed by atoms with E-state index in [0.717, 1.165) is 30.6 Å². The molecule has 1 atom stereocenters. The molecule has 1 saturated heterocycles. The highest BCUT2D eigenvalue weighted by Crippen LogP contribution is 2.33. The summed E-state index contributed by atoms with van der Waals surface area (Å²) in [6, 6.07) is 5.38. The predicted octanol–water partition coefficient (Wildman–Crippen LogP) is 3.19. The maximum Gasteiger partial charge on any atom is 0.266 e. The van der Waals surface area contributed by atoms with E-state index in [-0.39, 0.29) is 30.0 Å². The number of rotatable bonds is 4. The number of nitrogens with zero attached hydrogens (tertiary/aromatic N) is 3. The molecule has 2 aromatic heterocycles. The Morgan fingerprint density at radius 2 is 2.00 bits per heavy atom. The highest BCUT2D eigenvalue weighted by atomic mass is 32.1. The van der Waals surface area contributed by atoms with Crippen LogP contribution >= 0.6 is 11.3 Å². The van der Waals surface area contributed by atoms with Gasteiger partial charge in [-0.15, -0.1) is 11.3 Å². The lowest BCUT2D eigenvalue weighted by Gasteiger charge is -2.33. The van der Waals surface area contributed by atoms with Crippen molar-refractivity contribution in [3.05, 3.63) is 45.3 Å². The van der Waals surface area contributed by atoms with E-state index in [1.54, 1.807) is 25.1 Å². The molecule has 2 amide bonds. The molecule has 5 rings (SSSR count). The van der Waals surface area contributed by atoms with Gasteiger partial charge in [-0.05, 0) is 50.8 Å². The van der Waals surface area contributed by atoms with Crippen LogP contribution in [0.25, 0.3) is 10.2 Å². The van der Waals surface area contributed by atoms with Gasteiger partial charge in [-0.3, -0.25) is 19.0 Å². The van der Waals surface area contributed by atoms with Gasteiger partial charge >= 0.3 is 0 Å². The molecule has 9 nitrogen and oxygen atoms in total. The number of anilines is 1. The SMILES string of the molecule is Cc1c(C(=O)Nc2ccc3c(c2)OCCO3)sc2ncn(CC(=O)N3CCCCC3C)c(=O)c12. The number of hydrogen-bond donors (Lipinski definition) is 1. The molecule has 1 N–H and O–H groups in total. The topological polar surface area (TPSA) is 103 Å². The normalized spacial score (nSPS) is 17.6. The molecule has 178 valence electrons. The van der Waals surface area contributed by atoms with Gasteiger partial charge in [0.15, 0.2) is 11.5 Å². The standard InChI is InChI=1S/C24H26N4O5S/c1-14-5-3-4-8-28(14)19(29)12-27-13-25-23-20(24(27)31)15(2)21(34-23)22(30)26-16-6-7-17-18(11-16)33-10-9-32-17/h6-7,11,13-14H,3-5,8-10,12H2,1-2H3,(H,26,30). The van der Waals surface area contributed by atoms with Crippen molar-refractivity contribution in [1.82, 2.24) is 14.5 Å². The zero-order chi connectivity index (χ0) is 23.8. The maximum absolute atomic E-state index is 13.2. The largest absolute Gasteiger partial charge is 0.486 e. The van der Waals surface area contributed by atoms with Crippen LogP contribution in [0.1, 0.15) is 41.4 Å². The number of thiophene rings is 1. The molecule has 1 fully saturated rings. The van der Waals surface area contributed by atoms with Gasteiger partial charge in [-0.2, -0.15) is 0 Å². The molecule has 10 heteroatoms. The second-order valence-corrected chi connectivity index (χ2v) is 9.66. The number of nitrogens with one attached hydrogen (secondary N) is 1. The van der Waals surface area contributed by atoms with E-state index in [2.05, 4.69) is 10.3 Å². The summed E-state index contributed by atoms with van der Waals surface area (Å²) in [4.78, 5) is 46.2. The molecule has 0 aliphatic carbocycles. The van der Waals surface area contributed by atoms with Gasteiger partial charge in [0.2, 0.25) is 5.91 Å². The van der Waals surface area contributed by atoms with Crippen LogP contribution in [0.15, 0.2) is 29.3 Å². The minimum absolute atomic E-state index is 0.0554. The maximum atomic E-state index is 13.2. The molecular weight excluding hydrogens is 456 g/mol. The Morgan fingerprint density at radius 1 is 1.21 bits per heavy atom. The van der Waals surface area contributed by atoms with E-state index >= 15 is 0 Å². The second-order valence-electron chi connectivity index (χ2n) is 8.66. The third-order valence-electron chi connectivity index (χ3n) is 6.35. The predicted molar refractivity (Wildman–Crippen MR) is 129 cm³/mol. The van der Waals surface area contributed by atoms with Crippen LogP contribution in [-0.4, -0.2) is 52.1 Å². The highest BCUT2D eigenvalue weighted by Gasteiger charge is 2.25. The zero-order valence-electron chi connectivity index (χ0n) is 19.1. The summed E-state index contributed by atoms with van der Waals surface area (Å²) >= 11 is 1.16. The minimum atomic E-state index is -0.332. The molecule has 3 aromatic rings. The summed E-state index contributed by atoms with van der Waals surface area (Å²) in [6.45, 7) is 5.38. The van der Waals surface area contributed by atoms with Crippen LogP contribution < -0.4 is 20.3 Å². The lowest BCUT2D eigenvalue weighted by molar-refractivity contribution is -0.135. The Hall–Kier alpha value is -3.40. The Morgan fingerprint density at radius 3 is 2.79 bits per heavy atom. The highest BCUT2D eigenvalue weighted by molar-refractivity contribution is 7.20. The molecule has 0 saturated carbocycles. The summed E-state index contributed by atoms with van der Waals surface area (Å²) < 4.78 is 12.4. The Balaban J connectivity index is 1.38. The van der Waals surface area contributed by atoms with Gasteiger partial charge in [0.1, 0.15) is 24.6 Å². The number of piperidine rings is 1. The molecule has 2 aliphatic heterocycles. The van der Waals surface area contributed by atoms with Gasteiger partial charge in [0.25, 0.3) is 11.5 Å². The molecular formula is C24H26N4O5S. The quantitative estimate of drug-likeness (QED) is 0.613. The average molecular weight is 483 g/mol. The van der Waals surface area contributed by atoms with Gasteiger partial charge in [-0.1, -0.05) is 0 Å². The number of hydrogen-bond acceptors (Lipinski definition) is 7. The second kappa shape index (κ2) is 9.09. The third-order valence-corrected chi connectivity index (χ3v) is 7.55. The van der Waals surface area contributed by atoms with Crippen molar-refractivity contribution in [3.63, 3.8) is 0 Å². The smallest absolute Gasteiger partial charge is 0.266 e. The summed E-state index contributed by atoms with van der Waals surface area (Å²) in [7, 11) is 0. The van der Waals surface area contributed by atoms with E-state index in [0.29, 0.717) is 57.6 Å². The lowest BCUT2D eigenvalue weighted by atomic mass is 10.0. The Kier molecular flexibility index (Phi) is 5.99. The number of aryl methyl sites for hydroxylation is 1. The number of amides is 2. The first kappa shape index (κ1) is 22.4. The van der Waals surface area contributed by atoms with Crippen LogP contribution in [0.2, 0.25) is 0 Å². The lowest BCUT2D eigenvalue weighted by Crippen LogP contribution is -2.44. The van der Waals surface area contributed by atoms with Crippen LogP contribution in [0.5, 0.6) is 11.5 Å². The Bertz CT molecular complexity index is 1330. The number of fused-ring (bicyclic) bond motifs is 2. The Labute approximate surface area is 200 Å². The monoisotopic (exact) mass is 482 g/mol. The van der Waals surface area contributed by atoms with Gasteiger partial charge in [0.05, 0.1) is 16.6 Å². The fourth-order valence-corrected chi connectivity index (χ4v) is 5.54. The molecule has 4 heterocycles. The van der Waals surface area contributed by atoms with E-state index in [1.165, 1.54) is 10.9 Å². The summed E-state index contributed by atoms with van der Waals surface area (Å²) in [6.07, 6.45) is 4.47. The number of carbonyl (C=O) groups is 2. The van der Waals surface area contributed by atoms with Crippen LogP contribution in [-0.2, 0) is 11.3 Å². The first-order valence-electron chi connectivity index (χ1n) is 11.4. The third kappa shape index (κ3) is 4.13. The van der Waals surface area contributed by atoms with Crippen molar-refractivity contribution in [2.75, 3.05) is 25.1 Å². The summed E-state index contributed by atoms with van der Waals surface area (Å²) in [5.74, 6) is 0.802. The van der Waals surface area contributed by atoms with Crippen LogP contribution in [0.4, 0.5) is 5.69 Å². The average Bonchev–Trinajstić information content (AvgIpc) is 3.18. The van der Waals surface area contributed by atoms with Crippen LogP contribution in [0, 0.1) is 6.92 Å². The fourth-order valence-electron chi connectivity index (χ4n) is 4.50. The van der Waals surface area contributed by atoms with Crippen molar-refractivity contribution in [2.24, 2.45) is 0 Å². The van der Waals surface area contributed by atoms with E-state index < -0.39 is 0 Å². The fraction of sp³-hybridized carbons (Fsp3) is 0.417. The van der Waals surface area contributed by atoms with Gasteiger partial charge in [-0.25, -0.2) is 4.98 Å². The first-order chi connectivity index (χ1) is 16.4. The molecule has 0 radical (unpaired) electrons. The van der Waals surface area contributed by atoms with Crippen LogP contribution in [0.3, 0.4) is 0 Å². The molecule has 1 unspecified atom stereocenters. The number of likely N-dealkylation sites (tertiary alicyclic amines) is 1. The summed E-state index contributed by atoms with van der Waals surface area (Å²) in [5.41, 5.74) is 0.813. The number of carbonyl (C=O) groups excluding carboxylic acids is 2. The zero-order valence-corrected chi connectivity index (χ0v) is 19.9. The summed E-state index contributed by atoms with van der Waals surface area (Å²) in [5, 5.41) is 3.24. The molecule has 2 aliphatic rings. The molecule has 0 bridgehead atoms.